The standard InChI is InChI=1S/C8H18N2.C2H6/c1-3-10-8(2)4-6-9-7-5-8;1-2/h9-10H,3-7H2,1-2H3;1-2H3. The summed E-state index contributed by atoms with van der Waals surface area (Å²) in [5.74, 6) is 0. The molecule has 0 amide bonds. The topological polar surface area (TPSA) is 24.1 Å². The van der Waals surface area contributed by atoms with Gasteiger partial charge < -0.3 is 10.6 Å². The van der Waals surface area contributed by atoms with Crippen LogP contribution in [0.5, 0.6) is 0 Å². The minimum atomic E-state index is 0.417. The van der Waals surface area contributed by atoms with Gasteiger partial charge in [-0.1, -0.05) is 20.8 Å². The van der Waals surface area contributed by atoms with Crippen molar-refractivity contribution in [3.63, 3.8) is 0 Å². The Labute approximate surface area is 77.1 Å². The fourth-order valence-electron chi connectivity index (χ4n) is 1.58. The van der Waals surface area contributed by atoms with Gasteiger partial charge in [-0.25, -0.2) is 0 Å². The molecular weight excluding hydrogens is 148 g/mol. The zero-order valence-electron chi connectivity index (χ0n) is 9.04. The lowest BCUT2D eigenvalue weighted by atomic mass is 9.91. The first-order valence-corrected chi connectivity index (χ1v) is 5.22. The van der Waals surface area contributed by atoms with E-state index in [4.69, 9.17) is 0 Å². The van der Waals surface area contributed by atoms with Gasteiger partial charge in [0.2, 0.25) is 0 Å². The SMILES string of the molecule is CC.CCNC1(C)CCNCC1. The van der Waals surface area contributed by atoms with Gasteiger partial charge in [0, 0.05) is 5.54 Å². The molecule has 74 valence electrons. The molecule has 0 atom stereocenters. The predicted octanol–water partition coefficient (Wildman–Crippen LogP) is 1.76. The first-order valence-electron chi connectivity index (χ1n) is 5.22. The molecule has 0 radical (unpaired) electrons. The van der Waals surface area contributed by atoms with Crippen LogP contribution in [0.4, 0.5) is 0 Å². The highest BCUT2D eigenvalue weighted by atomic mass is 15.0. The largest absolute Gasteiger partial charge is 0.317 e. The second-order valence-corrected chi connectivity index (χ2v) is 3.34. The van der Waals surface area contributed by atoms with Gasteiger partial charge in [0.25, 0.3) is 0 Å². The van der Waals surface area contributed by atoms with Crippen LogP contribution in [0.2, 0.25) is 0 Å². The van der Waals surface area contributed by atoms with E-state index in [1.54, 1.807) is 0 Å². The smallest absolute Gasteiger partial charge is 0.0177 e. The monoisotopic (exact) mass is 172 g/mol. The number of nitrogens with one attached hydrogen (secondary N) is 2. The van der Waals surface area contributed by atoms with E-state index in [1.807, 2.05) is 13.8 Å². The van der Waals surface area contributed by atoms with Crippen LogP contribution < -0.4 is 10.6 Å². The van der Waals surface area contributed by atoms with E-state index in [2.05, 4.69) is 24.5 Å². The average molecular weight is 172 g/mol. The van der Waals surface area contributed by atoms with Gasteiger partial charge in [-0.3, -0.25) is 0 Å². The van der Waals surface area contributed by atoms with E-state index in [0.717, 1.165) is 6.54 Å². The highest BCUT2D eigenvalue weighted by Gasteiger charge is 2.24. The highest BCUT2D eigenvalue weighted by molar-refractivity contribution is 4.87. The molecule has 2 heteroatoms. The summed E-state index contributed by atoms with van der Waals surface area (Å²) in [6, 6.07) is 0. The maximum Gasteiger partial charge on any atom is 0.0177 e. The Kier molecular flexibility index (Phi) is 6.39. The maximum absolute atomic E-state index is 3.52. The van der Waals surface area contributed by atoms with Crippen molar-refractivity contribution in [2.45, 2.75) is 46.1 Å². The number of hydrogen-bond donors (Lipinski definition) is 2. The summed E-state index contributed by atoms with van der Waals surface area (Å²) >= 11 is 0. The van der Waals surface area contributed by atoms with Crippen LogP contribution in [0.1, 0.15) is 40.5 Å². The van der Waals surface area contributed by atoms with E-state index < -0.39 is 0 Å². The van der Waals surface area contributed by atoms with E-state index >= 15 is 0 Å². The molecule has 0 saturated carbocycles. The van der Waals surface area contributed by atoms with Gasteiger partial charge in [-0.05, 0) is 39.4 Å². The average Bonchev–Trinajstić information content (AvgIpc) is 2.09. The highest BCUT2D eigenvalue weighted by Crippen LogP contribution is 2.16. The Morgan fingerprint density at radius 3 is 2.17 bits per heavy atom. The fourth-order valence-corrected chi connectivity index (χ4v) is 1.58. The van der Waals surface area contributed by atoms with Gasteiger partial charge >= 0.3 is 0 Å². The van der Waals surface area contributed by atoms with Crippen LogP contribution in [0.15, 0.2) is 0 Å². The molecule has 12 heavy (non-hydrogen) atoms. The van der Waals surface area contributed by atoms with Crippen molar-refractivity contribution in [3.05, 3.63) is 0 Å². The summed E-state index contributed by atoms with van der Waals surface area (Å²) in [7, 11) is 0. The Balaban J connectivity index is 0.000000561. The summed E-state index contributed by atoms with van der Waals surface area (Å²) in [6.45, 7) is 11.9. The first kappa shape index (κ1) is 11.9. The van der Waals surface area contributed by atoms with Crippen molar-refractivity contribution in [1.29, 1.82) is 0 Å². The molecule has 0 aromatic rings. The zero-order valence-corrected chi connectivity index (χ0v) is 9.04. The van der Waals surface area contributed by atoms with E-state index in [0.29, 0.717) is 5.54 Å². The normalized spacial score (nSPS) is 21.0. The lowest BCUT2D eigenvalue weighted by Gasteiger charge is -2.34. The second kappa shape index (κ2) is 6.44. The van der Waals surface area contributed by atoms with Crippen molar-refractivity contribution < 1.29 is 0 Å². The maximum atomic E-state index is 3.52. The molecule has 0 aromatic carbocycles. The summed E-state index contributed by atoms with van der Waals surface area (Å²) in [5, 5.41) is 6.88. The molecule has 0 aliphatic carbocycles. The van der Waals surface area contributed by atoms with Crippen LogP contribution >= 0.6 is 0 Å². The van der Waals surface area contributed by atoms with Crippen molar-refractivity contribution in [2.75, 3.05) is 19.6 Å². The Morgan fingerprint density at radius 2 is 1.75 bits per heavy atom. The lowest BCUT2D eigenvalue weighted by molar-refractivity contribution is 0.272. The van der Waals surface area contributed by atoms with Crippen molar-refractivity contribution in [3.8, 4) is 0 Å². The van der Waals surface area contributed by atoms with Crippen LogP contribution in [-0.2, 0) is 0 Å². The van der Waals surface area contributed by atoms with E-state index in [-0.39, 0.29) is 0 Å². The van der Waals surface area contributed by atoms with Crippen LogP contribution in [0, 0.1) is 0 Å². The van der Waals surface area contributed by atoms with Crippen molar-refractivity contribution in [1.82, 2.24) is 10.6 Å². The summed E-state index contributed by atoms with van der Waals surface area (Å²) in [6.07, 6.45) is 2.53. The van der Waals surface area contributed by atoms with E-state index in [9.17, 15) is 0 Å². The van der Waals surface area contributed by atoms with Gasteiger partial charge in [-0.2, -0.15) is 0 Å². The molecule has 0 aromatic heterocycles. The first-order chi connectivity index (χ1) is 5.77. The lowest BCUT2D eigenvalue weighted by Crippen LogP contribution is -2.49. The number of piperidine rings is 1. The van der Waals surface area contributed by atoms with Gasteiger partial charge in [0.1, 0.15) is 0 Å². The van der Waals surface area contributed by atoms with Crippen LogP contribution in [0.3, 0.4) is 0 Å². The molecule has 0 bridgehead atoms. The summed E-state index contributed by atoms with van der Waals surface area (Å²) < 4.78 is 0. The fraction of sp³-hybridized carbons (Fsp3) is 1.00. The molecule has 1 rings (SSSR count). The minimum absolute atomic E-state index is 0.417. The van der Waals surface area contributed by atoms with Gasteiger partial charge in [-0.15, -0.1) is 0 Å². The van der Waals surface area contributed by atoms with Gasteiger partial charge in [0.05, 0.1) is 0 Å². The minimum Gasteiger partial charge on any atom is -0.317 e. The van der Waals surface area contributed by atoms with Crippen LogP contribution in [-0.4, -0.2) is 25.2 Å². The second-order valence-electron chi connectivity index (χ2n) is 3.34. The Morgan fingerprint density at radius 1 is 1.25 bits per heavy atom. The van der Waals surface area contributed by atoms with Crippen molar-refractivity contribution in [2.24, 2.45) is 0 Å². The van der Waals surface area contributed by atoms with Crippen molar-refractivity contribution >= 4 is 0 Å². The Bertz CT molecular complexity index is 90.5. The predicted molar refractivity (Wildman–Crippen MR) is 55.5 cm³/mol. The molecule has 1 aliphatic heterocycles. The Hall–Kier alpha value is -0.0800. The molecule has 1 saturated heterocycles. The molecule has 1 heterocycles. The molecule has 0 spiro atoms. The number of rotatable bonds is 2. The van der Waals surface area contributed by atoms with Gasteiger partial charge in [0.15, 0.2) is 0 Å². The molecule has 1 fully saturated rings. The summed E-state index contributed by atoms with van der Waals surface area (Å²) in [4.78, 5) is 0. The van der Waals surface area contributed by atoms with Crippen LogP contribution in [0.25, 0.3) is 0 Å². The third-order valence-corrected chi connectivity index (χ3v) is 2.31. The zero-order chi connectivity index (χ0) is 9.45. The summed E-state index contributed by atoms with van der Waals surface area (Å²) in [5.41, 5.74) is 0.417. The molecule has 2 nitrogen and oxygen atoms in total. The third-order valence-electron chi connectivity index (χ3n) is 2.31. The number of hydrogen-bond acceptors (Lipinski definition) is 2. The van der Waals surface area contributed by atoms with E-state index in [1.165, 1.54) is 25.9 Å². The molecular formula is C10H24N2. The molecule has 2 N–H and O–H groups in total. The third kappa shape index (κ3) is 4.07. The quantitative estimate of drug-likeness (QED) is 0.663. The molecule has 0 unspecified atom stereocenters. The molecule has 1 aliphatic rings.